The normalized spacial score (nSPS) is 20.3. The van der Waals surface area contributed by atoms with Gasteiger partial charge < -0.3 is 24.1 Å². The number of H-pyrrole nitrogens is 1. The SMILES string of the molecule is Cc1n[nH]c2c(C)cc(C(=O)Nc3ccc4c(c3)nc(CN3CCC(c5cccc6c5OC(C)(c5ccc(Cl)cc5F)O6)CC3)n4C[C@@H]3CCO3)cc12. The lowest BCUT2D eigenvalue weighted by Crippen LogP contribution is -2.35. The molecule has 2 fully saturated rings. The van der Waals surface area contributed by atoms with Crippen molar-refractivity contribution in [2.75, 3.05) is 25.0 Å². The Balaban J connectivity index is 0.912. The standard InChI is InChI=1S/C41H40ClFN6O4/c1-23-17-26(18-31-24(2)46-47-38(23)31)40(50)44-28-8-10-35-34(20-28)45-37(49(35)21-29-13-16-51-29)22-48-14-11-25(12-15-48)30-5-4-6-36-39(30)53-41(3,52-36)32-9-7-27(42)19-33(32)43/h4-10,17-20,25,29H,11-16,21-22H2,1-3H3,(H,44,50)(H,46,47)/t29-,41?/m0/s1. The number of nitrogens with one attached hydrogen (secondary N) is 2. The van der Waals surface area contributed by atoms with Crippen LogP contribution in [0, 0.1) is 19.7 Å². The Labute approximate surface area is 311 Å². The number of anilines is 1. The van der Waals surface area contributed by atoms with Gasteiger partial charge in [-0.25, -0.2) is 9.37 Å². The molecule has 1 amide bonds. The molecule has 12 heteroatoms. The molecule has 2 saturated heterocycles. The number of carbonyl (C=O) groups is 1. The van der Waals surface area contributed by atoms with Crippen LogP contribution in [0.15, 0.2) is 66.7 Å². The van der Waals surface area contributed by atoms with Gasteiger partial charge in [0.05, 0.1) is 47.0 Å². The molecule has 2 aromatic heterocycles. The number of nitrogens with zero attached hydrogens (tertiary/aromatic N) is 4. The third kappa shape index (κ3) is 6.20. The molecule has 6 aromatic rings. The third-order valence-corrected chi connectivity index (χ3v) is 11.2. The number of fused-ring (bicyclic) bond motifs is 3. The number of hydrogen-bond donors (Lipinski definition) is 2. The van der Waals surface area contributed by atoms with Gasteiger partial charge >= 0.3 is 0 Å². The number of rotatable bonds is 8. The van der Waals surface area contributed by atoms with Crippen LogP contribution in [0.5, 0.6) is 11.5 Å². The first-order valence-corrected chi connectivity index (χ1v) is 18.6. The molecule has 10 nitrogen and oxygen atoms in total. The van der Waals surface area contributed by atoms with Crippen molar-refractivity contribution in [2.24, 2.45) is 0 Å². The number of carbonyl (C=O) groups excluding carboxylic acids is 1. The van der Waals surface area contributed by atoms with E-state index in [4.69, 9.17) is 30.8 Å². The molecular weight excluding hydrogens is 695 g/mol. The monoisotopic (exact) mass is 734 g/mol. The fourth-order valence-electron chi connectivity index (χ4n) is 8.01. The van der Waals surface area contributed by atoms with Crippen molar-refractivity contribution in [3.05, 3.63) is 111 Å². The molecule has 53 heavy (non-hydrogen) atoms. The van der Waals surface area contributed by atoms with Gasteiger partial charge in [-0.3, -0.25) is 14.8 Å². The quantitative estimate of drug-likeness (QED) is 0.162. The summed E-state index contributed by atoms with van der Waals surface area (Å²) < 4.78 is 35.7. The van der Waals surface area contributed by atoms with E-state index in [-0.39, 0.29) is 17.9 Å². The van der Waals surface area contributed by atoms with E-state index in [1.165, 1.54) is 6.07 Å². The number of hydrogen-bond acceptors (Lipinski definition) is 7. The lowest BCUT2D eigenvalue weighted by molar-refractivity contribution is -0.0712. The number of ether oxygens (including phenoxy) is 3. The maximum Gasteiger partial charge on any atom is 0.278 e. The number of aromatic amines is 1. The van der Waals surface area contributed by atoms with E-state index >= 15 is 0 Å². The third-order valence-electron chi connectivity index (χ3n) is 11.0. The summed E-state index contributed by atoms with van der Waals surface area (Å²) in [6, 6.07) is 20.2. The van der Waals surface area contributed by atoms with Crippen molar-refractivity contribution in [1.29, 1.82) is 0 Å². The lowest BCUT2D eigenvalue weighted by atomic mass is 9.88. The molecule has 1 unspecified atom stereocenters. The average molecular weight is 735 g/mol. The largest absolute Gasteiger partial charge is 0.444 e. The fraction of sp³-hybridized carbons (Fsp3) is 0.341. The van der Waals surface area contributed by atoms with Gasteiger partial charge in [-0.1, -0.05) is 23.7 Å². The van der Waals surface area contributed by atoms with Crippen LogP contribution in [0.1, 0.15) is 70.7 Å². The maximum atomic E-state index is 14.9. The van der Waals surface area contributed by atoms with Crippen molar-refractivity contribution in [2.45, 2.75) is 70.9 Å². The topological polar surface area (TPSA) is 107 Å². The van der Waals surface area contributed by atoms with Crippen molar-refractivity contribution >= 4 is 45.1 Å². The summed E-state index contributed by atoms with van der Waals surface area (Å²) in [5, 5.41) is 11.7. The van der Waals surface area contributed by atoms with E-state index in [0.29, 0.717) is 39.9 Å². The molecule has 9 rings (SSSR count). The number of aryl methyl sites for hydroxylation is 2. The first-order chi connectivity index (χ1) is 25.6. The molecule has 272 valence electrons. The molecule has 2 N–H and O–H groups in total. The fourth-order valence-corrected chi connectivity index (χ4v) is 8.17. The minimum atomic E-state index is -1.29. The highest BCUT2D eigenvalue weighted by Gasteiger charge is 2.43. The summed E-state index contributed by atoms with van der Waals surface area (Å²) >= 11 is 6.02. The van der Waals surface area contributed by atoms with Crippen LogP contribution in [0.4, 0.5) is 10.1 Å². The summed E-state index contributed by atoms with van der Waals surface area (Å²) in [6.45, 7) is 9.62. The minimum absolute atomic E-state index is 0.162. The number of para-hydroxylation sites is 1. The first-order valence-electron chi connectivity index (χ1n) is 18.2. The minimum Gasteiger partial charge on any atom is -0.444 e. The number of likely N-dealkylation sites (tertiary alicyclic amines) is 1. The Morgan fingerprint density at radius 2 is 1.89 bits per heavy atom. The highest BCUT2D eigenvalue weighted by Crippen LogP contribution is 2.50. The number of halogens is 2. The lowest BCUT2D eigenvalue weighted by Gasteiger charge is -2.33. The van der Waals surface area contributed by atoms with Gasteiger partial charge in [-0.05, 0) is 112 Å². The Hall–Kier alpha value is -4.97. The number of aromatic nitrogens is 4. The highest BCUT2D eigenvalue weighted by molar-refractivity contribution is 6.30. The van der Waals surface area contributed by atoms with Gasteiger partial charge in [0.2, 0.25) is 0 Å². The maximum absolute atomic E-state index is 14.9. The van der Waals surface area contributed by atoms with Gasteiger partial charge in [0.15, 0.2) is 11.5 Å². The van der Waals surface area contributed by atoms with Crippen molar-refractivity contribution in [3.63, 3.8) is 0 Å². The Morgan fingerprint density at radius 3 is 2.66 bits per heavy atom. The molecule has 0 saturated carbocycles. The average Bonchev–Trinajstić information content (AvgIpc) is 3.78. The Bertz CT molecular complexity index is 2400. The van der Waals surface area contributed by atoms with Crippen molar-refractivity contribution < 1.29 is 23.4 Å². The smallest absolute Gasteiger partial charge is 0.278 e. The predicted octanol–water partition coefficient (Wildman–Crippen LogP) is 8.39. The van der Waals surface area contributed by atoms with Crippen LogP contribution in [0.25, 0.3) is 21.9 Å². The second-order valence-electron chi connectivity index (χ2n) is 14.6. The van der Waals surface area contributed by atoms with Gasteiger partial charge in [-0.2, -0.15) is 5.10 Å². The van der Waals surface area contributed by atoms with Crippen molar-refractivity contribution in [3.8, 4) is 11.5 Å². The Morgan fingerprint density at radius 1 is 1.06 bits per heavy atom. The first kappa shape index (κ1) is 33.8. The van der Waals surface area contributed by atoms with Gasteiger partial charge in [0, 0.05) is 40.8 Å². The van der Waals surface area contributed by atoms with Gasteiger partial charge in [0.25, 0.3) is 11.7 Å². The molecule has 4 aromatic carbocycles. The number of benzene rings is 4. The summed E-state index contributed by atoms with van der Waals surface area (Å²) in [5.74, 6) is 0.612. The summed E-state index contributed by atoms with van der Waals surface area (Å²) in [5.41, 5.74) is 7.30. The second kappa shape index (κ2) is 13.2. The summed E-state index contributed by atoms with van der Waals surface area (Å²) in [4.78, 5) is 21.0. The second-order valence-corrected chi connectivity index (χ2v) is 15.0. The van der Waals surface area contributed by atoms with Gasteiger partial charge in [-0.15, -0.1) is 0 Å². The van der Waals surface area contributed by atoms with Gasteiger partial charge in [0.1, 0.15) is 11.6 Å². The van der Waals surface area contributed by atoms with Crippen LogP contribution >= 0.6 is 11.6 Å². The van der Waals surface area contributed by atoms with E-state index < -0.39 is 11.6 Å². The highest BCUT2D eigenvalue weighted by atomic mass is 35.5. The van der Waals surface area contributed by atoms with Crippen LogP contribution < -0.4 is 14.8 Å². The molecule has 0 aliphatic carbocycles. The Kier molecular flexibility index (Phi) is 8.40. The van der Waals surface area contributed by atoms with Crippen LogP contribution in [0.2, 0.25) is 5.02 Å². The predicted molar refractivity (Wildman–Crippen MR) is 201 cm³/mol. The van der Waals surface area contributed by atoms with Crippen LogP contribution in [-0.2, 0) is 23.6 Å². The van der Waals surface area contributed by atoms with E-state index in [1.807, 2.05) is 56.3 Å². The zero-order valence-corrected chi connectivity index (χ0v) is 30.6. The number of amides is 1. The molecule has 5 heterocycles. The molecular formula is C41H40ClFN6O4. The molecule has 3 aliphatic heterocycles. The molecule has 0 bridgehead atoms. The van der Waals surface area contributed by atoms with Crippen LogP contribution in [0.3, 0.4) is 0 Å². The number of piperidine rings is 1. The van der Waals surface area contributed by atoms with E-state index in [9.17, 15) is 9.18 Å². The zero-order chi connectivity index (χ0) is 36.4. The zero-order valence-electron chi connectivity index (χ0n) is 29.8. The van der Waals surface area contributed by atoms with Crippen molar-refractivity contribution in [1.82, 2.24) is 24.6 Å². The van der Waals surface area contributed by atoms with E-state index in [0.717, 1.165) is 90.1 Å². The van der Waals surface area contributed by atoms with Crippen LogP contribution in [-0.4, -0.2) is 56.4 Å². The summed E-state index contributed by atoms with van der Waals surface area (Å²) in [7, 11) is 0. The molecule has 3 aliphatic rings. The molecule has 0 spiro atoms. The summed E-state index contributed by atoms with van der Waals surface area (Å²) in [6.07, 6.45) is 3.04. The number of imidazole rings is 1. The van der Waals surface area contributed by atoms with E-state index in [2.05, 4.69) is 31.0 Å². The molecule has 2 atom stereocenters. The van der Waals surface area contributed by atoms with E-state index in [1.54, 1.807) is 19.1 Å². The molecule has 0 radical (unpaired) electrons.